The zero-order valence-corrected chi connectivity index (χ0v) is 16.0. The normalized spacial score (nSPS) is 18.1. The Morgan fingerprint density at radius 1 is 1.22 bits per heavy atom. The number of nitrogens with one attached hydrogen (secondary N) is 1. The molecule has 27 heavy (non-hydrogen) atoms. The first kappa shape index (κ1) is 18.1. The number of rotatable bonds is 6. The molecule has 4 rings (SSSR count). The molecule has 0 bridgehead atoms. The number of carbonyl (C=O) groups excluding carboxylic acids is 1. The van der Waals surface area contributed by atoms with E-state index in [1.165, 1.54) is 19.3 Å². The van der Waals surface area contributed by atoms with Crippen molar-refractivity contribution in [3.8, 4) is 0 Å². The highest BCUT2D eigenvalue weighted by Gasteiger charge is 2.31. The molecule has 0 amide bonds. The van der Waals surface area contributed by atoms with Crippen LogP contribution in [0.5, 0.6) is 0 Å². The van der Waals surface area contributed by atoms with E-state index < -0.39 is 0 Å². The molecule has 0 radical (unpaired) electrons. The molecule has 0 atom stereocenters. The molecule has 2 fully saturated rings. The zero-order valence-electron chi connectivity index (χ0n) is 15.2. The van der Waals surface area contributed by atoms with Crippen molar-refractivity contribution in [1.29, 1.82) is 0 Å². The van der Waals surface area contributed by atoms with Gasteiger partial charge in [-0.05, 0) is 12.8 Å². The average molecular weight is 387 g/mol. The minimum Gasteiger partial charge on any atom is -0.313 e. The van der Waals surface area contributed by atoms with Crippen LogP contribution in [0, 0.1) is 0 Å². The van der Waals surface area contributed by atoms with Crippen molar-refractivity contribution in [3.05, 3.63) is 42.1 Å². The van der Waals surface area contributed by atoms with E-state index >= 15 is 0 Å². The van der Waals surface area contributed by atoms with Crippen LogP contribution in [-0.4, -0.2) is 53.2 Å². The maximum atomic E-state index is 12.2. The molecule has 1 aromatic heterocycles. The summed E-state index contributed by atoms with van der Waals surface area (Å²) in [5.41, 5.74) is 0.651. The maximum absolute atomic E-state index is 12.2. The number of piperazine rings is 1. The molecule has 1 aliphatic heterocycles. The van der Waals surface area contributed by atoms with Gasteiger partial charge in [-0.2, -0.15) is 5.01 Å². The monoisotopic (exact) mass is 386 g/mol. The number of hydrogen-bond donors (Lipinski definition) is 1. The van der Waals surface area contributed by atoms with Crippen molar-refractivity contribution >= 4 is 28.9 Å². The fourth-order valence-electron chi connectivity index (χ4n) is 3.51. The average Bonchev–Trinajstić information content (AvgIpc) is 3.10. The number of benzene rings is 1. The molecule has 1 aliphatic carbocycles. The van der Waals surface area contributed by atoms with E-state index in [1.54, 1.807) is 23.1 Å². The number of hydrogen-bond acceptors (Lipinski definition) is 6. The third-order valence-electron chi connectivity index (χ3n) is 5.31. The molecule has 142 valence electrons. The molecule has 7 nitrogen and oxygen atoms in total. The molecule has 0 unspecified atom stereocenters. The summed E-state index contributed by atoms with van der Waals surface area (Å²) in [6.07, 6.45) is 5.96. The zero-order chi connectivity index (χ0) is 18.6. The van der Waals surface area contributed by atoms with Crippen LogP contribution in [-0.2, 0) is 0 Å². The largest absolute Gasteiger partial charge is 0.313 e. The van der Waals surface area contributed by atoms with Gasteiger partial charge in [0.2, 0.25) is 5.27 Å². The Labute approximate surface area is 163 Å². The van der Waals surface area contributed by atoms with E-state index in [0.29, 0.717) is 16.4 Å². The Bertz CT molecular complexity index is 797. The molecule has 1 saturated heterocycles. The lowest BCUT2D eigenvalue weighted by molar-refractivity contribution is -0.759. The van der Waals surface area contributed by atoms with E-state index in [0.717, 1.165) is 32.2 Å². The van der Waals surface area contributed by atoms with Gasteiger partial charge in [0.15, 0.2) is 5.78 Å². The van der Waals surface area contributed by atoms with Crippen molar-refractivity contribution in [2.24, 2.45) is 0 Å². The van der Waals surface area contributed by atoms with E-state index in [-0.39, 0.29) is 12.2 Å². The van der Waals surface area contributed by atoms with Gasteiger partial charge in [-0.15, -0.1) is 0 Å². The first-order chi connectivity index (χ1) is 13.2. The second kappa shape index (κ2) is 8.14. The minimum absolute atomic E-state index is 0.0207. The Balaban J connectivity index is 1.28. The van der Waals surface area contributed by atoms with Gasteiger partial charge in [0.05, 0.1) is 29.3 Å². The molecule has 0 spiro atoms. The topological polar surface area (TPSA) is 65.5 Å². The number of ketones is 1. The summed E-state index contributed by atoms with van der Waals surface area (Å²) < 4.78 is 5.33. The quantitative estimate of drug-likeness (QED) is 0.461. The van der Waals surface area contributed by atoms with Gasteiger partial charge >= 0.3 is 5.88 Å². The summed E-state index contributed by atoms with van der Waals surface area (Å²) in [4.78, 5) is 16.9. The molecule has 8 heteroatoms. The maximum Gasteiger partial charge on any atom is 0.304 e. The highest BCUT2D eigenvalue weighted by Crippen LogP contribution is 2.25. The van der Waals surface area contributed by atoms with Gasteiger partial charge in [0.1, 0.15) is 0 Å². The van der Waals surface area contributed by atoms with Crippen LogP contribution in [0.1, 0.15) is 36.0 Å². The van der Waals surface area contributed by atoms with Crippen LogP contribution in [0.25, 0.3) is 0 Å². The lowest BCUT2D eigenvalue weighted by Crippen LogP contribution is -2.66. The summed E-state index contributed by atoms with van der Waals surface area (Å²) in [7, 11) is 0. The molecular formula is C19H24N5O2S+. The predicted octanol–water partition coefficient (Wildman–Crippen LogP) is 1.78. The van der Waals surface area contributed by atoms with E-state index in [1.807, 2.05) is 18.2 Å². The smallest absolute Gasteiger partial charge is 0.304 e. The number of anilines is 1. The second-order valence-electron chi connectivity index (χ2n) is 7.08. The van der Waals surface area contributed by atoms with Crippen LogP contribution in [0.4, 0.5) is 5.88 Å². The number of nitrogens with zero attached hydrogens (tertiary/aromatic N) is 4. The van der Waals surface area contributed by atoms with Crippen LogP contribution in [0.15, 0.2) is 41.1 Å². The second-order valence-corrected chi connectivity index (χ2v) is 7.57. The fraction of sp³-hybridized carbons (Fsp3) is 0.474. The molecule has 2 aromatic rings. The number of carbonyl (C=O) groups is 1. The highest BCUT2D eigenvalue weighted by molar-refractivity contribution is 7.80. The fourth-order valence-corrected chi connectivity index (χ4v) is 3.74. The van der Waals surface area contributed by atoms with Crippen LogP contribution in [0.3, 0.4) is 0 Å². The summed E-state index contributed by atoms with van der Waals surface area (Å²) in [6.45, 7) is 3.95. The summed E-state index contributed by atoms with van der Waals surface area (Å²) in [6, 6.07) is 9.92. The Morgan fingerprint density at radius 3 is 2.63 bits per heavy atom. The van der Waals surface area contributed by atoms with E-state index in [9.17, 15) is 4.79 Å². The summed E-state index contributed by atoms with van der Waals surface area (Å²) in [5.74, 6) is 0.426. The highest BCUT2D eigenvalue weighted by atomic mass is 32.1. The minimum atomic E-state index is -0.0207. The predicted molar refractivity (Wildman–Crippen MR) is 105 cm³/mol. The van der Waals surface area contributed by atoms with Crippen LogP contribution in [0.2, 0.25) is 0 Å². The SMILES string of the molecule is O=C(CC(=S)Nc1c[n+](N2CCN(C3CCC3)CC2)no1)c1ccccc1. The van der Waals surface area contributed by atoms with Gasteiger partial charge in [-0.1, -0.05) is 49.0 Å². The Hall–Kier alpha value is -2.32. The first-order valence-electron chi connectivity index (χ1n) is 9.45. The van der Waals surface area contributed by atoms with Crippen LogP contribution >= 0.6 is 12.2 Å². The van der Waals surface area contributed by atoms with Crippen LogP contribution < -0.4 is 15.1 Å². The summed E-state index contributed by atoms with van der Waals surface area (Å²) in [5, 5.41) is 9.20. The van der Waals surface area contributed by atoms with Gasteiger partial charge < -0.3 is 5.32 Å². The van der Waals surface area contributed by atoms with Gasteiger partial charge in [-0.25, -0.2) is 0 Å². The lowest BCUT2D eigenvalue weighted by Gasteiger charge is -2.40. The molecule has 1 N–H and O–H groups in total. The number of thiocarbonyl (C=S) groups is 1. The van der Waals surface area contributed by atoms with Gasteiger partial charge in [0, 0.05) is 24.7 Å². The van der Waals surface area contributed by atoms with Crippen molar-refractivity contribution in [3.63, 3.8) is 0 Å². The standard InChI is InChI=1S/C19H23N5O2S/c25-17(15-5-2-1-3-6-15)13-19(27)20-18-14-24(21-26-18)23-11-9-22(10-12-23)16-7-4-8-16/h1-3,5-6,14,16H,4,7-13H2/p+1. The number of Topliss-reactive ketones (excluding diaryl/α,β-unsaturated/α-hetero) is 1. The van der Waals surface area contributed by atoms with Crippen molar-refractivity contribution in [2.45, 2.75) is 31.7 Å². The first-order valence-corrected chi connectivity index (χ1v) is 9.86. The third-order valence-corrected chi connectivity index (χ3v) is 5.55. The van der Waals surface area contributed by atoms with Crippen molar-refractivity contribution in [2.75, 3.05) is 36.5 Å². The molecule has 2 aliphatic rings. The third kappa shape index (κ3) is 4.33. The van der Waals surface area contributed by atoms with Crippen molar-refractivity contribution in [1.82, 2.24) is 10.2 Å². The Morgan fingerprint density at radius 2 is 1.96 bits per heavy atom. The molecule has 1 saturated carbocycles. The van der Waals surface area contributed by atoms with Crippen molar-refractivity contribution < 1.29 is 14.1 Å². The van der Waals surface area contributed by atoms with E-state index in [2.05, 4.69) is 20.5 Å². The lowest BCUT2D eigenvalue weighted by atomic mass is 9.91. The molecule has 1 aromatic carbocycles. The summed E-state index contributed by atoms with van der Waals surface area (Å²) >= 11 is 5.29. The molecule has 2 heterocycles. The Kier molecular flexibility index (Phi) is 5.45. The van der Waals surface area contributed by atoms with Gasteiger partial charge in [0.25, 0.3) is 6.20 Å². The van der Waals surface area contributed by atoms with E-state index in [4.69, 9.17) is 16.7 Å². The van der Waals surface area contributed by atoms with Gasteiger partial charge in [-0.3, -0.25) is 14.2 Å². The number of aromatic nitrogens is 2. The molecular weight excluding hydrogens is 362 g/mol.